The van der Waals surface area contributed by atoms with E-state index in [1.165, 1.54) is 5.69 Å². The highest BCUT2D eigenvalue weighted by Crippen LogP contribution is 2.17. The normalized spacial score (nSPS) is 17.8. The van der Waals surface area contributed by atoms with Crippen LogP contribution in [0.2, 0.25) is 0 Å². The fourth-order valence-electron chi connectivity index (χ4n) is 1.36. The van der Waals surface area contributed by atoms with Crippen molar-refractivity contribution in [1.29, 1.82) is 0 Å². The summed E-state index contributed by atoms with van der Waals surface area (Å²) in [4.78, 5) is 0. The Morgan fingerprint density at radius 3 is 3.17 bits per heavy atom. The van der Waals surface area contributed by atoms with Crippen molar-refractivity contribution in [2.24, 2.45) is 0 Å². The quantitative estimate of drug-likeness (QED) is 0.697. The van der Waals surface area contributed by atoms with Crippen molar-refractivity contribution in [3.8, 4) is 0 Å². The van der Waals surface area contributed by atoms with E-state index in [-0.39, 0.29) is 0 Å². The van der Waals surface area contributed by atoms with Crippen LogP contribution < -0.4 is 5.32 Å². The zero-order chi connectivity index (χ0) is 8.39. The first-order valence-electron chi connectivity index (χ1n) is 4.16. The number of hydrogen-bond acceptors (Lipinski definition) is 3. The molecule has 0 radical (unpaired) electrons. The van der Waals surface area contributed by atoms with E-state index < -0.39 is 0 Å². The zero-order valence-electron chi connectivity index (χ0n) is 7.16. The Hall–Kier alpha value is -0.870. The molecule has 1 aliphatic rings. The fraction of sp³-hybridized carbons (Fsp3) is 0.625. The van der Waals surface area contributed by atoms with Crippen LogP contribution in [0.4, 0.5) is 0 Å². The van der Waals surface area contributed by atoms with Crippen molar-refractivity contribution in [2.45, 2.75) is 12.6 Å². The van der Waals surface area contributed by atoms with Crippen LogP contribution in [0.25, 0.3) is 0 Å². The molecule has 1 aliphatic heterocycles. The minimum Gasteiger partial charge on any atom is -0.377 e. The molecule has 1 fully saturated rings. The summed E-state index contributed by atoms with van der Waals surface area (Å²) in [6, 6.07) is 2.50. The molecule has 4 heteroatoms. The van der Waals surface area contributed by atoms with Crippen LogP contribution in [0.1, 0.15) is 11.7 Å². The second-order valence-corrected chi connectivity index (χ2v) is 2.99. The van der Waals surface area contributed by atoms with Gasteiger partial charge >= 0.3 is 0 Å². The maximum absolute atomic E-state index is 5.11. The molecule has 12 heavy (non-hydrogen) atoms. The number of nitrogens with zero attached hydrogens (tertiary/aromatic N) is 2. The molecule has 4 nitrogen and oxygen atoms in total. The lowest BCUT2D eigenvalue weighted by Gasteiger charge is -2.27. The molecule has 0 saturated carbocycles. The van der Waals surface area contributed by atoms with Gasteiger partial charge in [0.2, 0.25) is 0 Å². The molecule has 1 aromatic heterocycles. The third-order valence-electron chi connectivity index (χ3n) is 2.08. The van der Waals surface area contributed by atoms with Crippen LogP contribution >= 0.6 is 0 Å². The molecular weight excluding hydrogens is 154 g/mol. The van der Waals surface area contributed by atoms with E-state index in [2.05, 4.69) is 10.4 Å². The minimum atomic E-state index is 0.461. The van der Waals surface area contributed by atoms with Crippen molar-refractivity contribution in [3.05, 3.63) is 18.0 Å². The Morgan fingerprint density at radius 2 is 2.58 bits per heavy atom. The van der Waals surface area contributed by atoms with Gasteiger partial charge in [-0.15, -0.1) is 0 Å². The first-order valence-corrected chi connectivity index (χ1v) is 4.16. The Bertz CT molecular complexity index is 255. The first kappa shape index (κ1) is 7.76. The average Bonchev–Trinajstić information content (AvgIpc) is 2.35. The van der Waals surface area contributed by atoms with Crippen LogP contribution in [0, 0.1) is 0 Å². The van der Waals surface area contributed by atoms with Gasteiger partial charge in [0, 0.05) is 12.7 Å². The standard InChI is InChI=1S/C8H13N3O/c1-9-4-7-2-3-10-11(7)8-5-12-6-8/h2-3,8-9H,4-6H2,1H3. The van der Waals surface area contributed by atoms with E-state index >= 15 is 0 Å². The van der Waals surface area contributed by atoms with Crippen molar-refractivity contribution >= 4 is 0 Å². The molecule has 1 aromatic rings. The Labute approximate surface area is 71.5 Å². The molecule has 2 heterocycles. The molecule has 1 saturated heterocycles. The van der Waals surface area contributed by atoms with Crippen LogP contribution in [0.3, 0.4) is 0 Å². The largest absolute Gasteiger partial charge is 0.377 e. The van der Waals surface area contributed by atoms with Gasteiger partial charge < -0.3 is 10.1 Å². The molecule has 0 bridgehead atoms. The summed E-state index contributed by atoms with van der Waals surface area (Å²) in [5.41, 5.74) is 1.23. The lowest BCUT2D eigenvalue weighted by molar-refractivity contribution is -0.0299. The van der Waals surface area contributed by atoms with Gasteiger partial charge in [0.1, 0.15) is 0 Å². The number of rotatable bonds is 3. The highest BCUT2D eigenvalue weighted by Gasteiger charge is 2.22. The van der Waals surface area contributed by atoms with Crippen molar-refractivity contribution in [2.75, 3.05) is 20.3 Å². The van der Waals surface area contributed by atoms with Gasteiger partial charge in [-0.05, 0) is 13.1 Å². The highest BCUT2D eigenvalue weighted by molar-refractivity contribution is 5.02. The summed E-state index contributed by atoms with van der Waals surface area (Å²) in [5.74, 6) is 0. The van der Waals surface area contributed by atoms with E-state index in [0.29, 0.717) is 6.04 Å². The SMILES string of the molecule is CNCc1ccnn1C1COC1. The van der Waals surface area contributed by atoms with E-state index in [4.69, 9.17) is 4.74 Å². The maximum atomic E-state index is 5.11. The predicted octanol–water partition coefficient (Wildman–Crippen LogP) is 0.174. The first-order chi connectivity index (χ1) is 5.92. The van der Waals surface area contributed by atoms with Crippen molar-refractivity contribution in [1.82, 2.24) is 15.1 Å². The highest BCUT2D eigenvalue weighted by atomic mass is 16.5. The summed E-state index contributed by atoms with van der Waals surface area (Å²) in [6.07, 6.45) is 1.84. The number of hydrogen-bond donors (Lipinski definition) is 1. The van der Waals surface area contributed by atoms with Crippen molar-refractivity contribution in [3.63, 3.8) is 0 Å². The molecule has 0 amide bonds. The summed E-state index contributed by atoms with van der Waals surface area (Å²) in [6.45, 7) is 2.48. The van der Waals surface area contributed by atoms with Gasteiger partial charge in [0.05, 0.1) is 24.9 Å². The molecule has 66 valence electrons. The summed E-state index contributed by atoms with van der Waals surface area (Å²) < 4.78 is 7.15. The van der Waals surface area contributed by atoms with Crippen LogP contribution in [-0.2, 0) is 11.3 Å². The van der Waals surface area contributed by atoms with Gasteiger partial charge in [0.25, 0.3) is 0 Å². The second kappa shape index (κ2) is 3.25. The van der Waals surface area contributed by atoms with E-state index in [9.17, 15) is 0 Å². The summed E-state index contributed by atoms with van der Waals surface area (Å²) in [7, 11) is 1.94. The molecule has 0 aromatic carbocycles. The third-order valence-corrected chi connectivity index (χ3v) is 2.08. The number of aromatic nitrogens is 2. The monoisotopic (exact) mass is 167 g/mol. The van der Waals surface area contributed by atoms with Crippen molar-refractivity contribution < 1.29 is 4.74 Å². The lowest BCUT2D eigenvalue weighted by atomic mass is 10.2. The molecule has 0 unspecified atom stereocenters. The maximum Gasteiger partial charge on any atom is 0.0989 e. The molecule has 0 atom stereocenters. The third kappa shape index (κ3) is 1.23. The minimum absolute atomic E-state index is 0.461. The van der Waals surface area contributed by atoms with Gasteiger partial charge in [0.15, 0.2) is 0 Å². The molecule has 0 aliphatic carbocycles. The predicted molar refractivity (Wildman–Crippen MR) is 44.8 cm³/mol. The molecular formula is C8H13N3O. The molecule has 2 rings (SSSR count). The zero-order valence-corrected chi connectivity index (χ0v) is 7.16. The van der Waals surface area contributed by atoms with Gasteiger partial charge in [-0.25, -0.2) is 0 Å². The number of nitrogens with one attached hydrogen (secondary N) is 1. The fourth-order valence-corrected chi connectivity index (χ4v) is 1.36. The topological polar surface area (TPSA) is 39.1 Å². The number of ether oxygens (including phenoxy) is 1. The Morgan fingerprint density at radius 1 is 1.75 bits per heavy atom. The lowest BCUT2D eigenvalue weighted by Crippen LogP contribution is -2.33. The van der Waals surface area contributed by atoms with Gasteiger partial charge in [-0.2, -0.15) is 5.10 Å². The van der Waals surface area contributed by atoms with E-state index in [1.807, 2.05) is 24.0 Å². The van der Waals surface area contributed by atoms with E-state index in [0.717, 1.165) is 19.8 Å². The Kier molecular flexibility index (Phi) is 2.10. The van der Waals surface area contributed by atoms with Crippen LogP contribution in [-0.4, -0.2) is 30.0 Å². The Balaban J connectivity index is 2.12. The van der Waals surface area contributed by atoms with Gasteiger partial charge in [-0.1, -0.05) is 0 Å². The molecule has 1 N–H and O–H groups in total. The van der Waals surface area contributed by atoms with Crippen LogP contribution in [0.5, 0.6) is 0 Å². The average molecular weight is 167 g/mol. The smallest absolute Gasteiger partial charge is 0.0989 e. The van der Waals surface area contributed by atoms with Crippen LogP contribution in [0.15, 0.2) is 12.3 Å². The summed E-state index contributed by atoms with van der Waals surface area (Å²) in [5, 5.41) is 7.37. The summed E-state index contributed by atoms with van der Waals surface area (Å²) >= 11 is 0. The van der Waals surface area contributed by atoms with E-state index in [1.54, 1.807) is 0 Å². The molecule has 0 spiro atoms. The second-order valence-electron chi connectivity index (χ2n) is 2.99. The van der Waals surface area contributed by atoms with Gasteiger partial charge in [-0.3, -0.25) is 4.68 Å².